The number of carbonyl (C=O) groups is 2. The molecule has 1 aliphatic rings. The Kier molecular flexibility index (Phi) is 5.57. The standard InChI is InChI=1S/C10H14Cl4N2O2/c1-5-3-16(9(18)8(13)14)10(2,4-15-5)6(17)7(11)12/h5,7-8,15H,3-4H2,1-2H3. The lowest BCUT2D eigenvalue weighted by Crippen LogP contribution is -2.69. The monoisotopic (exact) mass is 334 g/mol. The molecule has 0 aromatic rings. The Morgan fingerprint density at radius 3 is 2.28 bits per heavy atom. The fourth-order valence-electron chi connectivity index (χ4n) is 1.91. The Labute approximate surface area is 126 Å². The minimum atomic E-state index is -1.22. The number of hydrogen-bond acceptors (Lipinski definition) is 3. The smallest absolute Gasteiger partial charge is 0.256 e. The van der Waals surface area contributed by atoms with Gasteiger partial charge in [-0.3, -0.25) is 9.59 Å². The Bertz CT molecular complexity index is 351. The van der Waals surface area contributed by atoms with Crippen molar-refractivity contribution in [2.45, 2.75) is 35.1 Å². The topological polar surface area (TPSA) is 49.4 Å². The van der Waals surface area contributed by atoms with Crippen molar-refractivity contribution < 1.29 is 9.59 Å². The van der Waals surface area contributed by atoms with Gasteiger partial charge in [-0.2, -0.15) is 0 Å². The molecular weight excluding hydrogens is 322 g/mol. The summed E-state index contributed by atoms with van der Waals surface area (Å²) in [6.07, 6.45) is 0. The Hall–Kier alpha value is 0.260. The zero-order valence-electron chi connectivity index (χ0n) is 9.92. The molecule has 2 atom stereocenters. The summed E-state index contributed by atoms with van der Waals surface area (Å²) in [7, 11) is 0. The molecule has 0 aliphatic carbocycles. The number of Topliss-reactive ketones (excluding diaryl/α,β-unsaturated/α-hetero) is 1. The van der Waals surface area contributed by atoms with Crippen LogP contribution in [0.5, 0.6) is 0 Å². The van der Waals surface area contributed by atoms with Crippen LogP contribution in [0.1, 0.15) is 13.8 Å². The predicted molar refractivity (Wildman–Crippen MR) is 73.6 cm³/mol. The Morgan fingerprint density at radius 1 is 1.28 bits per heavy atom. The molecule has 1 saturated heterocycles. The van der Waals surface area contributed by atoms with E-state index in [1.165, 1.54) is 4.90 Å². The summed E-state index contributed by atoms with van der Waals surface area (Å²) >= 11 is 22.4. The summed E-state index contributed by atoms with van der Waals surface area (Å²) in [6.45, 7) is 4.06. The number of halogens is 4. The van der Waals surface area contributed by atoms with Crippen molar-refractivity contribution >= 4 is 58.1 Å². The number of ketones is 1. The van der Waals surface area contributed by atoms with E-state index in [4.69, 9.17) is 46.4 Å². The maximum atomic E-state index is 12.1. The van der Waals surface area contributed by atoms with Gasteiger partial charge in [-0.25, -0.2) is 0 Å². The molecule has 0 bridgehead atoms. The zero-order valence-corrected chi connectivity index (χ0v) is 12.9. The van der Waals surface area contributed by atoms with E-state index in [0.29, 0.717) is 6.54 Å². The molecule has 18 heavy (non-hydrogen) atoms. The van der Waals surface area contributed by atoms with E-state index in [-0.39, 0.29) is 12.6 Å². The second-order valence-corrected chi connectivity index (χ2v) is 6.66. The number of amides is 1. The summed E-state index contributed by atoms with van der Waals surface area (Å²) in [5.74, 6) is -0.968. The minimum absolute atomic E-state index is 0.0333. The predicted octanol–water partition coefficient (Wildman–Crippen LogP) is 1.74. The van der Waals surface area contributed by atoms with Crippen LogP contribution in [-0.2, 0) is 9.59 Å². The fourth-order valence-corrected chi connectivity index (χ4v) is 2.62. The number of alkyl halides is 4. The normalized spacial score (nSPS) is 28.9. The fraction of sp³-hybridized carbons (Fsp3) is 0.800. The summed E-state index contributed by atoms with van der Waals surface area (Å²) in [6, 6.07) is 0.0333. The molecule has 1 heterocycles. The van der Waals surface area contributed by atoms with E-state index >= 15 is 0 Å². The van der Waals surface area contributed by atoms with Crippen molar-refractivity contribution in [2.75, 3.05) is 13.1 Å². The summed E-state index contributed by atoms with van der Waals surface area (Å²) in [5.41, 5.74) is -1.14. The molecule has 1 N–H and O–H groups in total. The summed E-state index contributed by atoms with van der Waals surface area (Å²) in [5, 5.41) is 3.11. The SMILES string of the molecule is CC1CN(C(=O)C(Cl)Cl)C(C)(C(=O)C(Cl)Cl)CN1. The lowest BCUT2D eigenvalue weighted by Gasteiger charge is -2.46. The molecule has 0 aromatic carbocycles. The number of rotatable bonds is 3. The van der Waals surface area contributed by atoms with Crippen molar-refractivity contribution in [3.8, 4) is 0 Å². The van der Waals surface area contributed by atoms with Gasteiger partial charge in [0.2, 0.25) is 0 Å². The van der Waals surface area contributed by atoms with Gasteiger partial charge < -0.3 is 10.2 Å². The molecule has 0 spiro atoms. The van der Waals surface area contributed by atoms with Crippen LogP contribution in [0.2, 0.25) is 0 Å². The molecule has 1 aliphatic heterocycles. The van der Waals surface area contributed by atoms with E-state index in [1.54, 1.807) is 6.92 Å². The molecule has 4 nitrogen and oxygen atoms in total. The van der Waals surface area contributed by atoms with Crippen molar-refractivity contribution in [1.82, 2.24) is 10.2 Å². The number of hydrogen-bond donors (Lipinski definition) is 1. The van der Waals surface area contributed by atoms with Crippen molar-refractivity contribution in [3.05, 3.63) is 0 Å². The van der Waals surface area contributed by atoms with Gasteiger partial charge in [0.15, 0.2) is 15.5 Å². The van der Waals surface area contributed by atoms with Crippen molar-refractivity contribution in [3.63, 3.8) is 0 Å². The lowest BCUT2D eigenvalue weighted by molar-refractivity contribution is -0.146. The number of nitrogens with zero attached hydrogens (tertiary/aromatic N) is 1. The molecule has 1 rings (SSSR count). The van der Waals surface area contributed by atoms with E-state index in [1.807, 2.05) is 6.92 Å². The highest BCUT2D eigenvalue weighted by atomic mass is 35.5. The van der Waals surface area contributed by atoms with Crippen molar-refractivity contribution in [1.29, 1.82) is 0 Å². The molecule has 0 saturated carbocycles. The van der Waals surface area contributed by atoms with Gasteiger partial charge in [-0.15, -0.1) is 0 Å². The number of nitrogens with one attached hydrogen (secondary N) is 1. The van der Waals surface area contributed by atoms with Gasteiger partial charge in [0, 0.05) is 19.1 Å². The van der Waals surface area contributed by atoms with Crippen LogP contribution in [0.4, 0.5) is 0 Å². The van der Waals surface area contributed by atoms with Crippen molar-refractivity contribution in [2.24, 2.45) is 0 Å². The summed E-state index contributed by atoms with van der Waals surface area (Å²) < 4.78 is 0. The molecule has 1 fully saturated rings. The first-order valence-electron chi connectivity index (χ1n) is 5.35. The first-order valence-corrected chi connectivity index (χ1v) is 7.10. The molecule has 8 heteroatoms. The van der Waals surface area contributed by atoms with Gasteiger partial charge in [0.05, 0.1) is 0 Å². The molecule has 0 aromatic heterocycles. The third-order valence-electron chi connectivity index (χ3n) is 3.03. The van der Waals surface area contributed by atoms with Crippen LogP contribution in [0.15, 0.2) is 0 Å². The van der Waals surface area contributed by atoms with Gasteiger partial charge in [-0.1, -0.05) is 46.4 Å². The van der Waals surface area contributed by atoms with Crippen LogP contribution in [0.3, 0.4) is 0 Å². The van der Waals surface area contributed by atoms with Gasteiger partial charge in [0.25, 0.3) is 5.91 Å². The quantitative estimate of drug-likeness (QED) is 0.799. The van der Waals surface area contributed by atoms with Gasteiger partial charge in [0.1, 0.15) is 5.54 Å². The Balaban J connectivity index is 3.06. The van der Waals surface area contributed by atoms with Crippen LogP contribution < -0.4 is 5.32 Å². The highest BCUT2D eigenvalue weighted by molar-refractivity contribution is 6.55. The molecule has 104 valence electrons. The minimum Gasteiger partial charge on any atom is -0.325 e. The van der Waals surface area contributed by atoms with Gasteiger partial charge >= 0.3 is 0 Å². The highest BCUT2D eigenvalue weighted by Crippen LogP contribution is 2.27. The summed E-state index contributed by atoms with van der Waals surface area (Å²) in [4.78, 5) is 23.0. The van der Waals surface area contributed by atoms with Crippen LogP contribution in [-0.4, -0.2) is 50.9 Å². The van der Waals surface area contributed by atoms with Crippen LogP contribution in [0.25, 0.3) is 0 Å². The largest absolute Gasteiger partial charge is 0.325 e. The number of carbonyl (C=O) groups excluding carboxylic acids is 2. The van der Waals surface area contributed by atoms with Crippen LogP contribution >= 0.6 is 46.4 Å². The molecule has 1 amide bonds. The maximum absolute atomic E-state index is 12.1. The van der Waals surface area contributed by atoms with E-state index in [9.17, 15) is 9.59 Å². The zero-order chi connectivity index (χ0) is 14.1. The molecular formula is C10H14Cl4N2O2. The first kappa shape index (κ1) is 16.3. The third-order valence-corrected chi connectivity index (χ3v) is 3.80. The third kappa shape index (κ3) is 3.23. The molecule has 2 unspecified atom stereocenters. The molecule has 0 radical (unpaired) electrons. The number of piperazine rings is 1. The van der Waals surface area contributed by atoms with Crippen LogP contribution in [0, 0.1) is 0 Å². The highest BCUT2D eigenvalue weighted by Gasteiger charge is 2.47. The average molecular weight is 336 g/mol. The first-order chi connectivity index (χ1) is 8.20. The second kappa shape index (κ2) is 6.14. The Morgan fingerprint density at radius 2 is 1.83 bits per heavy atom. The van der Waals surface area contributed by atoms with Gasteiger partial charge in [-0.05, 0) is 13.8 Å². The second-order valence-electron chi connectivity index (χ2n) is 4.47. The van der Waals surface area contributed by atoms with E-state index in [0.717, 1.165) is 0 Å². The average Bonchev–Trinajstić information content (AvgIpc) is 2.30. The lowest BCUT2D eigenvalue weighted by atomic mass is 9.91. The van der Waals surface area contributed by atoms with E-state index in [2.05, 4.69) is 5.32 Å². The maximum Gasteiger partial charge on any atom is 0.256 e. The van der Waals surface area contributed by atoms with E-state index < -0.39 is 26.9 Å².